The minimum Gasteiger partial charge on any atom is -0.507 e. The second-order valence-electron chi connectivity index (χ2n) is 12.6. The zero-order valence-electron chi connectivity index (χ0n) is 27.0. The number of fused-ring (bicyclic) bond motifs is 11. The molecule has 6 rings (SSSR count). The van der Waals surface area contributed by atoms with Crippen LogP contribution in [0.15, 0.2) is 66.7 Å². The zero-order chi connectivity index (χ0) is 33.5. The molecule has 4 amide bonds. The van der Waals surface area contributed by atoms with Gasteiger partial charge in [0, 0.05) is 19.5 Å². The van der Waals surface area contributed by atoms with Crippen molar-refractivity contribution >= 4 is 23.6 Å². The van der Waals surface area contributed by atoms with Crippen LogP contribution in [0, 0.1) is 5.92 Å². The second kappa shape index (κ2) is 15.1. The molecule has 0 saturated carbocycles. The number of benzene rings is 3. The van der Waals surface area contributed by atoms with Gasteiger partial charge in [0.15, 0.2) is 0 Å². The Balaban J connectivity index is 1.34. The maximum Gasteiger partial charge on any atom is 0.255 e. The van der Waals surface area contributed by atoms with Crippen LogP contribution in [-0.4, -0.2) is 64.9 Å². The van der Waals surface area contributed by atoms with Crippen LogP contribution >= 0.6 is 0 Å². The molecule has 248 valence electrons. The van der Waals surface area contributed by atoms with Gasteiger partial charge in [0.25, 0.3) is 5.91 Å². The van der Waals surface area contributed by atoms with Gasteiger partial charge in [0.1, 0.15) is 35.4 Å². The highest BCUT2D eigenvalue weighted by atomic mass is 16.5. The first-order valence-electron chi connectivity index (χ1n) is 16.1. The number of aromatic hydroxyl groups is 1. The molecular formula is C36H43N5O6. The van der Waals surface area contributed by atoms with Gasteiger partial charge in [0.05, 0.1) is 5.56 Å². The molecule has 3 aliphatic heterocycles. The summed E-state index contributed by atoms with van der Waals surface area (Å²) in [7, 11) is 0. The Kier molecular flexibility index (Phi) is 10.8. The van der Waals surface area contributed by atoms with Crippen LogP contribution in [0.2, 0.25) is 0 Å². The molecule has 0 unspecified atom stereocenters. The molecule has 0 aliphatic carbocycles. The number of amides is 4. The summed E-state index contributed by atoms with van der Waals surface area (Å²) in [5, 5.41) is 21.5. The fraction of sp³-hybridized carbons (Fsp3) is 0.389. The maximum atomic E-state index is 13.5. The Hall–Kier alpha value is -4.90. The Morgan fingerprint density at radius 2 is 1.55 bits per heavy atom. The van der Waals surface area contributed by atoms with E-state index in [1.807, 2.05) is 12.1 Å². The fourth-order valence-electron chi connectivity index (χ4n) is 5.73. The molecule has 0 radical (unpaired) electrons. The summed E-state index contributed by atoms with van der Waals surface area (Å²) in [5.41, 5.74) is 2.88. The third-order valence-electron chi connectivity index (χ3n) is 8.53. The molecule has 0 aromatic heterocycles. The Labute approximate surface area is 275 Å². The number of carbonyl (C=O) groups excluding carboxylic acids is 4. The smallest absolute Gasteiger partial charge is 0.255 e. The molecule has 47 heavy (non-hydrogen) atoms. The predicted octanol–water partition coefficient (Wildman–Crippen LogP) is 3.40. The summed E-state index contributed by atoms with van der Waals surface area (Å²) in [4.78, 5) is 55.7. The monoisotopic (exact) mass is 641 g/mol. The molecule has 3 atom stereocenters. The van der Waals surface area contributed by atoms with Crippen molar-refractivity contribution in [2.75, 3.05) is 13.1 Å². The van der Waals surface area contributed by atoms with Crippen LogP contribution in [0.3, 0.4) is 0 Å². The van der Waals surface area contributed by atoms with E-state index in [1.165, 1.54) is 43.5 Å². The molecule has 3 aliphatic rings. The van der Waals surface area contributed by atoms with E-state index in [0.717, 1.165) is 30.8 Å². The van der Waals surface area contributed by atoms with Crippen LogP contribution in [-0.2, 0) is 33.9 Å². The van der Waals surface area contributed by atoms with Crippen molar-refractivity contribution in [1.82, 2.24) is 26.2 Å². The molecule has 3 aromatic carbocycles. The largest absolute Gasteiger partial charge is 0.507 e. The van der Waals surface area contributed by atoms with Gasteiger partial charge in [-0.15, -0.1) is 0 Å². The van der Waals surface area contributed by atoms with E-state index in [4.69, 9.17) is 4.74 Å². The van der Waals surface area contributed by atoms with Crippen molar-refractivity contribution in [3.63, 3.8) is 0 Å². The van der Waals surface area contributed by atoms with E-state index in [1.54, 1.807) is 38.1 Å². The predicted molar refractivity (Wildman–Crippen MR) is 177 cm³/mol. The lowest BCUT2D eigenvalue weighted by Gasteiger charge is -2.25. The number of ether oxygens (including phenoxy) is 1. The minimum atomic E-state index is -1.01. The molecule has 11 heteroatoms. The van der Waals surface area contributed by atoms with Crippen LogP contribution < -0.4 is 26.0 Å². The Morgan fingerprint density at radius 1 is 0.894 bits per heavy atom. The molecule has 3 heterocycles. The van der Waals surface area contributed by atoms with E-state index < -0.39 is 35.8 Å². The van der Waals surface area contributed by atoms with Gasteiger partial charge >= 0.3 is 0 Å². The average Bonchev–Trinajstić information content (AvgIpc) is 3.56. The SMILES string of the molecule is CC(C)[C@@H]1NC(=O)c2cc(ccc2O)Oc2ccc(cc2)C[C@@H](C(=O)NCc2ccc(CN3CCCC3)cc2)NC(=O)[C@H](C)NC1=O. The quantitative estimate of drug-likeness (QED) is 0.259. The number of likely N-dealkylation sites (tertiary alicyclic amines) is 1. The third kappa shape index (κ3) is 8.88. The highest BCUT2D eigenvalue weighted by Crippen LogP contribution is 2.28. The van der Waals surface area contributed by atoms with Gasteiger partial charge in [-0.25, -0.2) is 0 Å². The van der Waals surface area contributed by atoms with E-state index in [0.29, 0.717) is 18.0 Å². The van der Waals surface area contributed by atoms with Crippen LogP contribution in [0.5, 0.6) is 17.2 Å². The summed E-state index contributed by atoms with van der Waals surface area (Å²) in [6.07, 6.45) is 2.67. The molecular weight excluding hydrogens is 598 g/mol. The third-order valence-corrected chi connectivity index (χ3v) is 8.53. The standard InChI is InChI=1S/C36H43N5O6/c1-22(2)32-36(46)38-23(3)33(43)39-30(35(45)37-20-25-6-8-26(9-7-25)21-41-16-4-5-17-41)18-24-10-12-27(13-11-24)47-28-14-15-31(42)29(19-28)34(44)40-32/h6-15,19,22-23,30,32,42H,4-5,16-18,20-21H2,1-3H3,(H,37,45)(H,38,46)(H,39,43)(H,40,44)/t23-,30-,32-/m0/s1. The first kappa shape index (κ1) is 33.5. The van der Waals surface area contributed by atoms with Gasteiger partial charge in [-0.3, -0.25) is 24.1 Å². The molecule has 1 saturated heterocycles. The molecule has 4 bridgehead atoms. The van der Waals surface area contributed by atoms with E-state index in [2.05, 4.69) is 38.3 Å². The first-order valence-corrected chi connectivity index (χ1v) is 16.1. The van der Waals surface area contributed by atoms with Crippen molar-refractivity contribution in [1.29, 1.82) is 0 Å². The average molecular weight is 642 g/mol. The molecule has 11 nitrogen and oxygen atoms in total. The Morgan fingerprint density at radius 3 is 2.23 bits per heavy atom. The van der Waals surface area contributed by atoms with Gasteiger partial charge in [-0.2, -0.15) is 0 Å². The van der Waals surface area contributed by atoms with Gasteiger partial charge < -0.3 is 31.1 Å². The number of hydrogen-bond acceptors (Lipinski definition) is 7. The normalized spacial score (nSPS) is 20.9. The van der Waals surface area contributed by atoms with Gasteiger partial charge in [-0.1, -0.05) is 50.2 Å². The van der Waals surface area contributed by atoms with Crippen molar-refractivity contribution in [2.45, 2.75) is 71.2 Å². The highest BCUT2D eigenvalue weighted by molar-refractivity contribution is 6.00. The highest BCUT2D eigenvalue weighted by Gasteiger charge is 2.30. The van der Waals surface area contributed by atoms with Crippen LogP contribution in [0.1, 0.15) is 60.7 Å². The molecule has 1 fully saturated rings. The topological polar surface area (TPSA) is 149 Å². The van der Waals surface area contributed by atoms with Gasteiger partial charge in [0.2, 0.25) is 17.7 Å². The molecule has 3 aromatic rings. The number of carbonyl (C=O) groups is 4. The number of phenols is 1. The number of hydrogen-bond donors (Lipinski definition) is 5. The van der Waals surface area contributed by atoms with Crippen LogP contribution in [0.25, 0.3) is 0 Å². The number of nitrogens with zero attached hydrogens (tertiary/aromatic N) is 1. The maximum absolute atomic E-state index is 13.5. The molecule has 0 spiro atoms. The number of nitrogens with one attached hydrogen (secondary N) is 4. The van der Waals surface area contributed by atoms with Crippen molar-refractivity contribution < 1.29 is 29.0 Å². The van der Waals surface area contributed by atoms with E-state index in [9.17, 15) is 24.3 Å². The van der Waals surface area contributed by atoms with E-state index >= 15 is 0 Å². The van der Waals surface area contributed by atoms with E-state index in [-0.39, 0.29) is 29.6 Å². The molecule has 5 N–H and O–H groups in total. The zero-order valence-corrected chi connectivity index (χ0v) is 27.0. The summed E-state index contributed by atoms with van der Waals surface area (Å²) >= 11 is 0. The second-order valence-corrected chi connectivity index (χ2v) is 12.6. The number of rotatable bonds is 6. The Bertz CT molecular complexity index is 1580. The lowest BCUT2D eigenvalue weighted by Crippen LogP contribution is -2.57. The minimum absolute atomic E-state index is 0.0589. The van der Waals surface area contributed by atoms with Gasteiger partial charge in [-0.05, 0) is 85.8 Å². The fourth-order valence-corrected chi connectivity index (χ4v) is 5.73. The first-order chi connectivity index (χ1) is 22.5. The summed E-state index contributed by atoms with van der Waals surface area (Å²) in [5.74, 6) is -1.99. The van der Waals surface area contributed by atoms with Crippen molar-refractivity contribution in [3.8, 4) is 17.2 Å². The number of phenolic OH excluding ortho intramolecular Hbond substituents is 1. The lowest BCUT2D eigenvalue weighted by atomic mass is 10.0. The summed E-state index contributed by atoms with van der Waals surface area (Å²) < 4.78 is 5.93. The summed E-state index contributed by atoms with van der Waals surface area (Å²) in [6, 6.07) is 16.5. The van der Waals surface area contributed by atoms with Crippen molar-refractivity contribution in [2.24, 2.45) is 5.92 Å². The lowest BCUT2D eigenvalue weighted by molar-refractivity contribution is -0.132. The van der Waals surface area contributed by atoms with Crippen LogP contribution in [0.4, 0.5) is 0 Å². The van der Waals surface area contributed by atoms with Crippen molar-refractivity contribution in [3.05, 3.63) is 89.0 Å². The summed E-state index contributed by atoms with van der Waals surface area (Å²) in [6.45, 7) is 8.48.